The maximum Gasteiger partial charge on any atom is 0.374 e. The molecule has 0 radical (unpaired) electrons. The fourth-order valence-electron chi connectivity index (χ4n) is 4.58. The number of ether oxygens (including phenoxy) is 6. The van der Waals surface area contributed by atoms with Gasteiger partial charge in [-0.3, -0.25) is 4.79 Å². The normalized spacial score (nSPS) is 26.3. The number of methoxy groups -OCH3 is 1. The Morgan fingerprint density at radius 2 is 1.67 bits per heavy atom. The highest BCUT2D eigenvalue weighted by molar-refractivity contribution is 6.74. The Bertz CT molecular complexity index is 986. The lowest BCUT2D eigenvalue weighted by molar-refractivity contribution is -0.178. The molecule has 0 aromatic heterocycles. The highest BCUT2D eigenvalue weighted by Gasteiger charge is 2.55. The van der Waals surface area contributed by atoms with Crippen molar-refractivity contribution in [3.05, 3.63) is 35.9 Å². The average Bonchev–Trinajstić information content (AvgIpc) is 3.35. The van der Waals surface area contributed by atoms with Crippen molar-refractivity contribution in [1.29, 1.82) is 0 Å². The van der Waals surface area contributed by atoms with E-state index in [9.17, 15) is 9.59 Å². The summed E-state index contributed by atoms with van der Waals surface area (Å²) in [5.41, 5.74) is 0.948. The van der Waals surface area contributed by atoms with Gasteiger partial charge in [0.15, 0.2) is 19.9 Å². The Balaban J connectivity index is 2.03. The summed E-state index contributed by atoms with van der Waals surface area (Å²) in [7, 11) is -1.26. The maximum absolute atomic E-state index is 13.0. The van der Waals surface area contributed by atoms with Crippen LogP contribution in [0.3, 0.4) is 0 Å². The van der Waals surface area contributed by atoms with E-state index < -0.39 is 62.2 Å². The predicted octanol–water partition coefficient (Wildman–Crippen LogP) is 4.77. The summed E-state index contributed by atoms with van der Waals surface area (Å²) in [6.07, 6.45) is -3.47. The van der Waals surface area contributed by atoms with Crippen LogP contribution in [0.15, 0.2) is 30.3 Å². The summed E-state index contributed by atoms with van der Waals surface area (Å²) in [6.45, 7) is 18.5. The second kappa shape index (κ2) is 12.1. The molecule has 2 saturated heterocycles. The molecule has 0 N–H and O–H groups in total. The van der Waals surface area contributed by atoms with Crippen molar-refractivity contribution in [2.75, 3.05) is 13.7 Å². The first kappa shape index (κ1) is 31.9. The molecule has 39 heavy (non-hydrogen) atoms. The van der Waals surface area contributed by atoms with E-state index in [-0.39, 0.29) is 18.1 Å². The van der Waals surface area contributed by atoms with Gasteiger partial charge in [-0.1, -0.05) is 51.1 Å². The van der Waals surface area contributed by atoms with E-state index in [2.05, 4.69) is 33.9 Å². The second-order valence-electron chi connectivity index (χ2n) is 12.7. The standard InChI is InChI=1S/C29H46O9Si/c1-27(2,3)39(9,10)38-21(16-20(30)26(31)32-8)23(33-17-19-14-12-11-13-15-19)25-24(36-29(6,7)37-25)22-18-34-28(4,5)35-22/h11-15,21-25H,16-18H2,1-10H3/t21-,22+,23-,24+,25+/m0/s1. The molecule has 5 atom stereocenters. The van der Waals surface area contributed by atoms with E-state index in [0.29, 0.717) is 6.61 Å². The van der Waals surface area contributed by atoms with Gasteiger partial charge >= 0.3 is 5.97 Å². The number of hydrogen-bond acceptors (Lipinski definition) is 9. The SMILES string of the molecule is COC(=O)C(=O)C[C@H](O[Si](C)(C)C(C)(C)C)[C@H](OCc1ccccc1)[C@H]1OC(C)(C)O[C@@H]1[C@H]1COC(C)(C)O1. The molecule has 2 heterocycles. The van der Waals surface area contributed by atoms with E-state index in [1.807, 2.05) is 58.0 Å². The van der Waals surface area contributed by atoms with Crippen molar-refractivity contribution in [1.82, 2.24) is 0 Å². The minimum Gasteiger partial charge on any atom is -0.463 e. The first-order valence-corrected chi connectivity index (χ1v) is 16.5. The molecular weight excluding hydrogens is 520 g/mol. The number of carbonyl (C=O) groups is 2. The van der Waals surface area contributed by atoms with Crippen LogP contribution in [0, 0.1) is 0 Å². The van der Waals surface area contributed by atoms with Crippen molar-refractivity contribution >= 4 is 20.1 Å². The third-order valence-electron chi connectivity index (χ3n) is 7.59. The molecule has 1 aromatic carbocycles. The lowest BCUT2D eigenvalue weighted by atomic mass is 9.96. The van der Waals surface area contributed by atoms with Gasteiger partial charge in [-0.05, 0) is 51.4 Å². The molecular formula is C29H46O9Si. The first-order chi connectivity index (χ1) is 17.9. The van der Waals surface area contributed by atoms with Crippen molar-refractivity contribution in [3.63, 3.8) is 0 Å². The van der Waals surface area contributed by atoms with Crippen LogP contribution in [0.4, 0.5) is 0 Å². The minimum atomic E-state index is -2.45. The summed E-state index contributed by atoms with van der Waals surface area (Å²) < 4.78 is 43.0. The van der Waals surface area contributed by atoms with E-state index in [1.54, 1.807) is 0 Å². The smallest absolute Gasteiger partial charge is 0.374 e. The molecule has 0 unspecified atom stereocenters. The number of rotatable bonds is 11. The molecule has 0 aliphatic carbocycles. The Morgan fingerprint density at radius 1 is 1.03 bits per heavy atom. The largest absolute Gasteiger partial charge is 0.463 e. The van der Waals surface area contributed by atoms with Crippen LogP contribution in [0.2, 0.25) is 18.1 Å². The number of ketones is 1. The quantitative estimate of drug-likeness (QED) is 0.213. The average molecular weight is 567 g/mol. The van der Waals surface area contributed by atoms with Crippen molar-refractivity contribution in [3.8, 4) is 0 Å². The molecule has 2 aliphatic rings. The summed E-state index contributed by atoms with van der Waals surface area (Å²) in [4.78, 5) is 25.2. The lowest BCUT2D eigenvalue weighted by Gasteiger charge is -2.42. The van der Waals surface area contributed by atoms with Crippen LogP contribution in [0.5, 0.6) is 0 Å². The first-order valence-electron chi connectivity index (χ1n) is 13.6. The van der Waals surface area contributed by atoms with Gasteiger partial charge in [0.05, 0.1) is 26.4 Å². The minimum absolute atomic E-state index is 0.165. The molecule has 3 rings (SSSR count). The third-order valence-corrected chi connectivity index (χ3v) is 12.1. The molecule has 0 saturated carbocycles. The van der Waals surface area contributed by atoms with Crippen LogP contribution in [0.1, 0.15) is 60.5 Å². The van der Waals surface area contributed by atoms with E-state index in [1.165, 1.54) is 7.11 Å². The van der Waals surface area contributed by atoms with E-state index in [0.717, 1.165) is 5.56 Å². The number of benzene rings is 1. The van der Waals surface area contributed by atoms with Gasteiger partial charge in [0.1, 0.15) is 24.4 Å². The zero-order valence-corrected chi connectivity index (χ0v) is 26.1. The number of carbonyl (C=O) groups excluding carboxylic acids is 2. The fourth-order valence-corrected chi connectivity index (χ4v) is 5.90. The van der Waals surface area contributed by atoms with E-state index >= 15 is 0 Å². The summed E-state index contributed by atoms with van der Waals surface area (Å²) in [6, 6.07) is 9.73. The predicted molar refractivity (Wildman–Crippen MR) is 147 cm³/mol. The summed E-state index contributed by atoms with van der Waals surface area (Å²) >= 11 is 0. The highest BCUT2D eigenvalue weighted by atomic mass is 28.4. The summed E-state index contributed by atoms with van der Waals surface area (Å²) in [5, 5.41) is -0.165. The Labute approximate surface area is 233 Å². The maximum atomic E-state index is 13.0. The molecule has 2 fully saturated rings. The van der Waals surface area contributed by atoms with Gasteiger partial charge in [0, 0.05) is 6.42 Å². The van der Waals surface area contributed by atoms with Crippen molar-refractivity contribution < 1.29 is 42.4 Å². The number of hydrogen-bond donors (Lipinski definition) is 0. The van der Waals surface area contributed by atoms with Gasteiger partial charge in [0.2, 0.25) is 5.78 Å². The van der Waals surface area contributed by atoms with Gasteiger partial charge in [-0.2, -0.15) is 0 Å². The van der Waals surface area contributed by atoms with Gasteiger partial charge in [-0.25, -0.2) is 4.79 Å². The third kappa shape index (κ3) is 8.19. The molecule has 9 nitrogen and oxygen atoms in total. The Morgan fingerprint density at radius 3 is 2.21 bits per heavy atom. The number of Topliss-reactive ketones (excluding diaryl/α,β-unsaturated/α-hetero) is 1. The van der Waals surface area contributed by atoms with Crippen LogP contribution >= 0.6 is 0 Å². The van der Waals surface area contributed by atoms with Gasteiger partial charge in [-0.15, -0.1) is 0 Å². The fraction of sp³-hybridized carbons (Fsp3) is 0.724. The van der Waals surface area contributed by atoms with Gasteiger partial charge in [0.25, 0.3) is 0 Å². The molecule has 0 spiro atoms. The van der Waals surface area contributed by atoms with Gasteiger partial charge < -0.3 is 32.8 Å². The highest BCUT2D eigenvalue weighted by Crippen LogP contribution is 2.42. The topological polar surface area (TPSA) is 98.8 Å². The monoisotopic (exact) mass is 566 g/mol. The molecule has 0 amide bonds. The van der Waals surface area contributed by atoms with Crippen LogP contribution < -0.4 is 0 Å². The van der Waals surface area contributed by atoms with Crippen molar-refractivity contribution in [2.24, 2.45) is 0 Å². The van der Waals surface area contributed by atoms with Crippen LogP contribution in [-0.4, -0.2) is 75.9 Å². The zero-order valence-electron chi connectivity index (χ0n) is 25.1. The molecule has 1 aromatic rings. The van der Waals surface area contributed by atoms with E-state index in [4.69, 9.17) is 32.8 Å². The van der Waals surface area contributed by atoms with Crippen LogP contribution in [-0.2, 0) is 49.0 Å². The molecule has 10 heteroatoms. The Hall–Kier alpha value is -1.66. The molecule has 220 valence electrons. The zero-order chi connectivity index (χ0) is 29.2. The molecule has 2 aliphatic heterocycles. The summed E-state index contributed by atoms with van der Waals surface area (Å²) in [5.74, 6) is -3.33. The van der Waals surface area contributed by atoms with Crippen molar-refractivity contribution in [2.45, 2.75) is 122 Å². The lowest BCUT2D eigenvalue weighted by Crippen LogP contribution is -2.55. The second-order valence-corrected chi connectivity index (χ2v) is 17.5. The Kier molecular flexibility index (Phi) is 9.85. The van der Waals surface area contributed by atoms with Crippen LogP contribution in [0.25, 0.3) is 0 Å². The number of esters is 1. The molecule has 0 bridgehead atoms.